The predicted molar refractivity (Wildman–Crippen MR) is 158 cm³/mol. The first-order valence-corrected chi connectivity index (χ1v) is 13.6. The standard InChI is InChI=1S/C33H47N3/c1-34(2)23-11-19-27-14-7-8-22-32(27)30-17-10-18-31(26-30)33-28(20-12-24-35(3)4)15-9-16-29(33)21-13-25-36(5)6/h7-10,14-18,22,26H,11-13,19-21,23-25H2,1-6H3. The van der Waals surface area contributed by atoms with Gasteiger partial charge >= 0.3 is 0 Å². The van der Waals surface area contributed by atoms with Crippen LogP contribution in [0.15, 0.2) is 66.7 Å². The zero-order valence-electron chi connectivity index (χ0n) is 23.6. The van der Waals surface area contributed by atoms with Gasteiger partial charge in [0.15, 0.2) is 0 Å². The molecular formula is C33H47N3. The molecule has 3 aromatic carbocycles. The number of benzene rings is 3. The first kappa shape index (κ1) is 28.1. The van der Waals surface area contributed by atoms with E-state index in [0.717, 1.165) is 38.9 Å². The Morgan fingerprint density at radius 3 is 1.47 bits per heavy atom. The number of aryl methyl sites for hydroxylation is 3. The van der Waals surface area contributed by atoms with Crippen LogP contribution in [0.25, 0.3) is 22.3 Å². The molecule has 3 nitrogen and oxygen atoms in total. The summed E-state index contributed by atoms with van der Waals surface area (Å²) < 4.78 is 0. The predicted octanol–water partition coefficient (Wildman–Crippen LogP) is 6.50. The minimum absolute atomic E-state index is 1.11. The molecule has 0 atom stereocenters. The van der Waals surface area contributed by atoms with Crippen LogP contribution >= 0.6 is 0 Å². The Kier molecular flexibility index (Phi) is 11.2. The van der Waals surface area contributed by atoms with Crippen LogP contribution in [0.2, 0.25) is 0 Å². The fourth-order valence-corrected chi connectivity index (χ4v) is 5.06. The third-order valence-corrected chi connectivity index (χ3v) is 6.87. The summed E-state index contributed by atoms with van der Waals surface area (Å²) in [7, 11) is 13.0. The van der Waals surface area contributed by atoms with Gasteiger partial charge in [-0.1, -0.05) is 60.7 Å². The number of rotatable bonds is 14. The Morgan fingerprint density at radius 2 is 0.917 bits per heavy atom. The van der Waals surface area contributed by atoms with Crippen LogP contribution in [0.3, 0.4) is 0 Å². The highest BCUT2D eigenvalue weighted by Crippen LogP contribution is 2.34. The quantitative estimate of drug-likeness (QED) is 0.258. The van der Waals surface area contributed by atoms with Crippen LogP contribution in [0, 0.1) is 0 Å². The highest BCUT2D eigenvalue weighted by Gasteiger charge is 2.13. The van der Waals surface area contributed by atoms with Crippen LogP contribution in [0.1, 0.15) is 36.0 Å². The summed E-state index contributed by atoms with van der Waals surface area (Å²) in [6.45, 7) is 3.35. The van der Waals surface area contributed by atoms with Crippen molar-refractivity contribution in [2.75, 3.05) is 61.9 Å². The van der Waals surface area contributed by atoms with Crippen molar-refractivity contribution >= 4 is 0 Å². The van der Waals surface area contributed by atoms with Gasteiger partial charge in [-0.05, 0) is 145 Å². The highest BCUT2D eigenvalue weighted by molar-refractivity contribution is 5.78. The number of nitrogens with zero attached hydrogens (tertiary/aromatic N) is 3. The second-order valence-electron chi connectivity index (χ2n) is 10.9. The summed E-state index contributed by atoms with van der Waals surface area (Å²) in [6, 6.07) is 25.2. The van der Waals surface area contributed by atoms with Gasteiger partial charge < -0.3 is 14.7 Å². The van der Waals surface area contributed by atoms with Gasteiger partial charge in [0.2, 0.25) is 0 Å². The average Bonchev–Trinajstić information content (AvgIpc) is 2.84. The first-order chi connectivity index (χ1) is 17.3. The molecule has 0 aliphatic heterocycles. The zero-order valence-corrected chi connectivity index (χ0v) is 23.6. The van der Waals surface area contributed by atoms with E-state index < -0.39 is 0 Å². The van der Waals surface area contributed by atoms with Gasteiger partial charge in [-0.2, -0.15) is 0 Å². The van der Waals surface area contributed by atoms with Crippen molar-refractivity contribution in [3.63, 3.8) is 0 Å². The lowest BCUT2D eigenvalue weighted by atomic mass is 9.88. The molecule has 0 saturated heterocycles. The van der Waals surface area contributed by atoms with E-state index in [2.05, 4.69) is 124 Å². The maximum Gasteiger partial charge on any atom is -0.00217 e. The van der Waals surface area contributed by atoms with E-state index in [1.54, 1.807) is 0 Å². The summed E-state index contributed by atoms with van der Waals surface area (Å²) in [5, 5.41) is 0. The Balaban J connectivity index is 1.97. The molecule has 0 fully saturated rings. The summed E-state index contributed by atoms with van der Waals surface area (Å²) in [4.78, 5) is 6.84. The molecular weight excluding hydrogens is 438 g/mol. The molecule has 0 aromatic heterocycles. The Labute approximate surface area is 220 Å². The van der Waals surface area contributed by atoms with E-state index in [9.17, 15) is 0 Å². The van der Waals surface area contributed by atoms with Gasteiger partial charge in [0.05, 0.1) is 0 Å². The molecule has 0 amide bonds. The van der Waals surface area contributed by atoms with Crippen LogP contribution in [-0.2, 0) is 19.3 Å². The van der Waals surface area contributed by atoms with Gasteiger partial charge in [-0.15, -0.1) is 0 Å². The molecule has 36 heavy (non-hydrogen) atoms. The normalized spacial score (nSPS) is 11.7. The van der Waals surface area contributed by atoms with Crippen molar-refractivity contribution < 1.29 is 0 Å². The molecule has 0 aliphatic rings. The van der Waals surface area contributed by atoms with Crippen LogP contribution in [-0.4, -0.2) is 76.6 Å². The second kappa shape index (κ2) is 14.3. The lowest BCUT2D eigenvalue weighted by Crippen LogP contribution is -2.14. The van der Waals surface area contributed by atoms with E-state index in [0.29, 0.717) is 0 Å². The lowest BCUT2D eigenvalue weighted by Gasteiger charge is -2.19. The topological polar surface area (TPSA) is 9.72 Å². The fourth-order valence-electron chi connectivity index (χ4n) is 5.06. The third-order valence-electron chi connectivity index (χ3n) is 6.87. The monoisotopic (exact) mass is 485 g/mol. The van der Waals surface area contributed by atoms with E-state index >= 15 is 0 Å². The van der Waals surface area contributed by atoms with E-state index in [1.165, 1.54) is 58.2 Å². The van der Waals surface area contributed by atoms with Crippen LogP contribution in [0.4, 0.5) is 0 Å². The van der Waals surface area contributed by atoms with Crippen LogP contribution in [0.5, 0.6) is 0 Å². The largest absolute Gasteiger partial charge is 0.309 e. The molecule has 0 radical (unpaired) electrons. The maximum absolute atomic E-state index is 2.44. The smallest absolute Gasteiger partial charge is 0.00217 e. The third kappa shape index (κ3) is 8.58. The Bertz CT molecular complexity index is 1040. The molecule has 3 rings (SSSR count). The zero-order chi connectivity index (χ0) is 25.9. The number of hydrogen-bond donors (Lipinski definition) is 0. The summed E-state index contributed by atoms with van der Waals surface area (Å²) in [5.41, 5.74) is 9.93. The van der Waals surface area contributed by atoms with E-state index in [1.807, 2.05) is 0 Å². The Hall–Kier alpha value is -2.46. The minimum Gasteiger partial charge on any atom is -0.309 e. The molecule has 0 N–H and O–H groups in total. The van der Waals surface area contributed by atoms with Crippen LogP contribution < -0.4 is 0 Å². The second-order valence-corrected chi connectivity index (χ2v) is 10.9. The molecule has 0 aliphatic carbocycles. The molecule has 194 valence electrons. The van der Waals surface area contributed by atoms with Crippen molar-refractivity contribution in [2.24, 2.45) is 0 Å². The SMILES string of the molecule is CN(C)CCCc1ccccc1-c1cccc(-c2c(CCCN(C)C)cccc2CCCN(C)C)c1. The van der Waals surface area contributed by atoms with Gasteiger partial charge in [0.25, 0.3) is 0 Å². The van der Waals surface area contributed by atoms with E-state index in [4.69, 9.17) is 0 Å². The van der Waals surface area contributed by atoms with Crippen molar-refractivity contribution in [3.05, 3.63) is 83.4 Å². The highest BCUT2D eigenvalue weighted by atomic mass is 15.1. The molecule has 3 aromatic rings. The maximum atomic E-state index is 2.44. The molecule has 0 heterocycles. The lowest BCUT2D eigenvalue weighted by molar-refractivity contribution is 0.399. The van der Waals surface area contributed by atoms with Crippen molar-refractivity contribution in [2.45, 2.75) is 38.5 Å². The van der Waals surface area contributed by atoms with Gasteiger partial charge in [0, 0.05) is 0 Å². The number of hydrogen-bond acceptors (Lipinski definition) is 3. The summed E-state index contributed by atoms with van der Waals surface area (Å²) >= 11 is 0. The molecule has 0 spiro atoms. The molecule has 0 unspecified atom stereocenters. The van der Waals surface area contributed by atoms with Crippen molar-refractivity contribution in [1.29, 1.82) is 0 Å². The average molecular weight is 486 g/mol. The van der Waals surface area contributed by atoms with E-state index in [-0.39, 0.29) is 0 Å². The van der Waals surface area contributed by atoms with Gasteiger partial charge in [-0.25, -0.2) is 0 Å². The summed E-state index contributed by atoms with van der Waals surface area (Å²) in [5.74, 6) is 0. The molecule has 0 saturated carbocycles. The van der Waals surface area contributed by atoms with Gasteiger partial charge in [0.1, 0.15) is 0 Å². The summed E-state index contributed by atoms with van der Waals surface area (Å²) in [6.07, 6.45) is 6.86. The minimum atomic E-state index is 1.11. The Morgan fingerprint density at radius 1 is 0.472 bits per heavy atom. The van der Waals surface area contributed by atoms with Crippen molar-refractivity contribution in [1.82, 2.24) is 14.7 Å². The first-order valence-electron chi connectivity index (χ1n) is 13.6. The fraction of sp³-hybridized carbons (Fsp3) is 0.455. The molecule has 0 bridgehead atoms. The van der Waals surface area contributed by atoms with Gasteiger partial charge in [-0.3, -0.25) is 0 Å². The molecule has 3 heteroatoms. The van der Waals surface area contributed by atoms with Crippen molar-refractivity contribution in [3.8, 4) is 22.3 Å².